The number of carbonyl (C=O) groups is 1. The van der Waals surface area contributed by atoms with Gasteiger partial charge in [0.25, 0.3) is 0 Å². The van der Waals surface area contributed by atoms with Gasteiger partial charge >= 0.3 is 0 Å². The molecule has 25 heavy (non-hydrogen) atoms. The van der Waals surface area contributed by atoms with E-state index in [-0.39, 0.29) is 11.7 Å². The van der Waals surface area contributed by atoms with Crippen molar-refractivity contribution in [3.05, 3.63) is 24.0 Å². The van der Waals surface area contributed by atoms with Gasteiger partial charge in [0, 0.05) is 32.6 Å². The van der Waals surface area contributed by atoms with Crippen LogP contribution < -0.4 is 4.90 Å². The van der Waals surface area contributed by atoms with Crippen molar-refractivity contribution in [3.8, 4) is 0 Å². The molecule has 1 amide bonds. The number of carbonyl (C=O) groups excluding carboxylic acids is 1. The van der Waals surface area contributed by atoms with Gasteiger partial charge in [-0.2, -0.15) is 0 Å². The number of amides is 1. The lowest BCUT2D eigenvalue weighted by Gasteiger charge is -2.35. The summed E-state index contributed by atoms with van der Waals surface area (Å²) in [6.07, 6.45) is 5.49. The second-order valence-electron chi connectivity index (χ2n) is 7.39. The van der Waals surface area contributed by atoms with Crippen LogP contribution in [0.25, 0.3) is 10.2 Å². The van der Waals surface area contributed by atoms with Crippen molar-refractivity contribution in [1.29, 1.82) is 0 Å². The highest BCUT2D eigenvalue weighted by molar-refractivity contribution is 7.22. The third-order valence-corrected chi connectivity index (χ3v) is 6.67. The molecule has 6 heteroatoms. The summed E-state index contributed by atoms with van der Waals surface area (Å²) in [6.45, 7) is 2.78. The van der Waals surface area contributed by atoms with Gasteiger partial charge < -0.3 is 9.80 Å². The number of thiazole rings is 1. The summed E-state index contributed by atoms with van der Waals surface area (Å²) in [5.74, 6) is 0.979. The summed E-state index contributed by atoms with van der Waals surface area (Å²) in [7, 11) is 1.95. The number of fused-ring (bicyclic) bond motifs is 1. The van der Waals surface area contributed by atoms with Crippen molar-refractivity contribution in [3.63, 3.8) is 0 Å². The average molecular weight is 361 g/mol. The number of benzene rings is 1. The zero-order valence-corrected chi connectivity index (χ0v) is 15.4. The molecular formula is C19H24FN3OS. The number of aromatic nitrogens is 1. The van der Waals surface area contributed by atoms with Crippen LogP contribution in [0.1, 0.15) is 32.1 Å². The predicted molar refractivity (Wildman–Crippen MR) is 99.5 cm³/mol. The Morgan fingerprint density at radius 2 is 2.08 bits per heavy atom. The molecular weight excluding hydrogens is 337 g/mol. The molecule has 4 rings (SSSR count). The van der Waals surface area contributed by atoms with Gasteiger partial charge in [0.15, 0.2) is 5.13 Å². The van der Waals surface area contributed by atoms with Crippen LogP contribution in [0.5, 0.6) is 0 Å². The molecule has 1 aromatic heterocycles. The SMILES string of the molecule is CN(CC1CCN(c2nc3ccc(F)cc3s2)CC1)C(=O)C1CCC1. The minimum atomic E-state index is -0.208. The maximum atomic E-state index is 13.3. The molecule has 0 unspecified atom stereocenters. The fraction of sp³-hybridized carbons (Fsp3) is 0.579. The number of rotatable bonds is 4. The number of anilines is 1. The van der Waals surface area contributed by atoms with Crippen LogP contribution in [0, 0.1) is 17.7 Å². The molecule has 1 saturated heterocycles. The quantitative estimate of drug-likeness (QED) is 0.828. The minimum Gasteiger partial charge on any atom is -0.348 e. The van der Waals surface area contributed by atoms with E-state index in [9.17, 15) is 9.18 Å². The van der Waals surface area contributed by atoms with Crippen LogP contribution in [0.4, 0.5) is 9.52 Å². The normalized spacial score (nSPS) is 19.2. The molecule has 0 bridgehead atoms. The average Bonchev–Trinajstić information content (AvgIpc) is 2.96. The number of halogens is 1. The van der Waals surface area contributed by atoms with E-state index >= 15 is 0 Å². The van der Waals surface area contributed by atoms with Gasteiger partial charge in [0.05, 0.1) is 10.2 Å². The van der Waals surface area contributed by atoms with Crippen LogP contribution in [0.3, 0.4) is 0 Å². The molecule has 0 N–H and O–H groups in total. The van der Waals surface area contributed by atoms with Crippen molar-refractivity contribution in [2.75, 3.05) is 31.6 Å². The standard InChI is InChI=1S/C19H24FN3OS/c1-22(18(24)14-3-2-4-14)12-13-7-9-23(10-8-13)19-21-16-6-5-15(20)11-17(16)25-19/h5-6,11,13-14H,2-4,7-10,12H2,1H3. The Morgan fingerprint density at radius 1 is 1.32 bits per heavy atom. The summed E-state index contributed by atoms with van der Waals surface area (Å²) in [5, 5.41) is 0.984. The Hall–Kier alpha value is -1.69. The highest BCUT2D eigenvalue weighted by Crippen LogP contribution is 2.32. The molecule has 0 radical (unpaired) electrons. The molecule has 1 aliphatic heterocycles. The first-order chi connectivity index (χ1) is 12.1. The van der Waals surface area contributed by atoms with Gasteiger partial charge in [-0.25, -0.2) is 9.37 Å². The van der Waals surface area contributed by atoms with E-state index in [1.807, 2.05) is 11.9 Å². The molecule has 1 aromatic carbocycles. The summed E-state index contributed by atoms with van der Waals surface area (Å²) in [5.41, 5.74) is 0.870. The van der Waals surface area contributed by atoms with E-state index in [2.05, 4.69) is 9.88 Å². The van der Waals surface area contributed by atoms with Crippen LogP contribution in [0.2, 0.25) is 0 Å². The van der Waals surface area contributed by atoms with E-state index in [4.69, 9.17) is 0 Å². The Morgan fingerprint density at radius 3 is 2.76 bits per heavy atom. The highest BCUT2D eigenvalue weighted by Gasteiger charge is 2.30. The summed E-state index contributed by atoms with van der Waals surface area (Å²) >= 11 is 1.56. The monoisotopic (exact) mass is 361 g/mol. The first kappa shape index (κ1) is 16.8. The number of hydrogen-bond donors (Lipinski definition) is 0. The molecule has 0 spiro atoms. The van der Waals surface area contributed by atoms with Crippen molar-refractivity contribution in [2.24, 2.45) is 11.8 Å². The summed E-state index contributed by atoms with van der Waals surface area (Å²) in [6, 6.07) is 4.77. The number of hydrogen-bond acceptors (Lipinski definition) is 4. The molecule has 1 aliphatic carbocycles. The largest absolute Gasteiger partial charge is 0.348 e. The van der Waals surface area contributed by atoms with Crippen molar-refractivity contribution < 1.29 is 9.18 Å². The molecule has 2 fully saturated rings. The first-order valence-electron chi connectivity index (χ1n) is 9.16. The number of piperidine rings is 1. The maximum absolute atomic E-state index is 13.3. The van der Waals surface area contributed by atoms with Crippen LogP contribution in [0.15, 0.2) is 18.2 Å². The third kappa shape index (κ3) is 3.50. The van der Waals surface area contributed by atoms with Crippen LogP contribution in [-0.2, 0) is 4.79 Å². The third-order valence-electron chi connectivity index (χ3n) is 5.59. The van der Waals surface area contributed by atoms with Gasteiger partial charge in [-0.15, -0.1) is 0 Å². The molecule has 0 atom stereocenters. The van der Waals surface area contributed by atoms with E-state index in [0.29, 0.717) is 11.8 Å². The second-order valence-corrected chi connectivity index (χ2v) is 8.39. The summed E-state index contributed by atoms with van der Waals surface area (Å²) in [4.78, 5) is 21.2. The van der Waals surface area contributed by atoms with Gasteiger partial charge in [-0.05, 0) is 49.8 Å². The Bertz CT molecular complexity index is 765. The Kier molecular flexibility index (Phi) is 4.63. The fourth-order valence-corrected chi connectivity index (χ4v) is 4.81. The molecule has 4 nitrogen and oxygen atoms in total. The van der Waals surface area contributed by atoms with Crippen LogP contribution in [-0.4, -0.2) is 42.5 Å². The van der Waals surface area contributed by atoms with E-state index < -0.39 is 0 Å². The van der Waals surface area contributed by atoms with Crippen molar-refractivity contribution in [1.82, 2.24) is 9.88 Å². The smallest absolute Gasteiger partial charge is 0.225 e. The molecule has 2 heterocycles. The van der Waals surface area contributed by atoms with E-state index in [0.717, 1.165) is 60.7 Å². The van der Waals surface area contributed by atoms with Crippen LogP contribution >= 0.6 is 11.3 Å². The molecule has 134 valence electrons. The van der Waals surface area contributed by atoms with E-state index in [1.54, 1.807) is 23.5 Å². The van der Waals surface area contributed by atoms with Crippen molar-refractivity contribution >= 4 is 32.6 Å². The number of nitrogens with zero attached hydrogens (tertiary/aromatic N) is 3. The molecule has 1 saturated carbocycles. The summed E-state index contributed by atoms with van der Waals surface area (Å²) < 4.78 is 14.3. The molecule has 2 aromatic rings. The lowest BCUT2D eigenvalue weighted by molar-refractivity contribution is -0.137. The first-order valence-corrected chi connectivity index (χ1v) is 9.98. The maximum Gasteiger partial charge on any atom is 0.225 e. The lowest BCUT2D eigenvalue weighted by atomic mass is 9.84. The second kappa shape index (κ2) is 6.90. The molecule has 2 aliphatic rings. The topological polar surface area (TPSA) is 36.4 Å². The van der Waals surface area contributed by atoms with Gasteiger partial charge in [-0.1, -0.05) is 17.8 Å². The van der Waals surface area contributed by atoms with Gasteiger partial charge in [-0.3, -0.25) is 4.79 Å². The van der Waals surface area contributed by atoms with Gasteiger partial charge in [0.2, 0.25) is 5.91 Å². The lowest BCUT2D eigenvalue weighted by Crippen LogP contribution is -2.42. The highest BCUT2D eigenvalue weighted by atomic mass is 32.1. The Labute approximate surface area is 151 Å². The predicted octanol–water partition coefficient (Wildman–Crippen LogP) is 3.91. The Balaban J connectivity index is 1.33. The van der Waals surface area contributed by atoms with E-state index in [1.165, 1.54) is 12.5 Å². The van der Waals surface area contributed by atoms with Gasteiger partial charge in [0.1, 0.15) is 5.82 Å². The minimum absolute atomic E-state index is 0.208. The van der Waals surface area contributed by atoms with Crippen molar-refractivity contribution in [2.45, 2.75) is 32.1 Å². The fourth-order valence-electron chi connectivity index (χ4n) is 3.77. The zero-order chi connectivity index (χ0) is 17.4. The zero-order valence-electron chi connectivity index (χ0n) is 14.6.